The number of alkyl halides is 1. The van der Waals surface area contributed by atoms with Gasteiger partial charge in [-0.25, -0.2) is 0 Å². The fraction of sp³-hybridized carbons (Fsp3) is 0.125. The van der Waals surface area contributed by atoms with Crippen molar-refractivity contribution in [2.75, 3.05) is 0 Å². The summed E-state index contributed by atoms with van der Waals surface area (Å²) >= 11 is 12.3. The van der Waals surface area contributed by atoms with Crippen LogP contribution in [0.15, 0.2) is 52.9 Å². The van der Waals surface area contributed by atoms with Crippen LogP contribution in [0.4, 0.5) is 0 Å². The summed E-state index contributed by atoms with van der Waals surface area (Å²) in [6.45, 7) is 2.10. The van der Waals surface area contributed by atoms with E-state index in [1.54, 1.807) is 6.07 Å². The number of rotatable bonds is 2. The van der Waals surface area contributed by atoms with Gasteiger partial charge in [0.05, 0.1) is 0 Å². The van der Waals surface area contributed by atoms with Crippen LogP contribution in [0.2, 0.25) is 5.22 Å². The maximum absolute atomic E-state index is 6.52. The molecule has 3 rings (SSSR count). The summed E-state index contributed by atoms with van der Waals surface area (Å²) in [6, 6.07) is 15.9. The standard InChI is InChI=1S/C16H12Cl2O/c1-10-6-7-13(12-5-3-2-4-11(10)12)16(18)14-8-9-15(17)19-14/h2-9,16H,1H3. The van der Waals surface area contributed by atoms with Gasteiger partial charge in [-0.2, -0.15) is 0 Å². The van der Waals surface area contributed by atoms with Crippen molar-refractivity contribution in [3.05, 3.63) is 70.6 Å². The van der Waals surface area contributed by atoms with Gasteiger partial charge in [0, 0.05) is 0 Å². The number of hydrogen-bond donors (Lipinski definition) is 0. The molecule has 1 nitrogen and oxygen atoms in total. The van der Waals surface area contributed by atoms with E-state index in [0.717, 1.165) is 10.9 Å². The summed E-state index contributed by atoms with van der Waals surface area (Å²) in [6.07, 6.45) is 0. The third-order valence-electron chi connectivity index (χ3n) is 3.29. The lowest BCUT2D eigenvalue weighted by atomic mass is 9.97. The van der Waals surface area contributed by atoms with Gasteiger partial charge in [-0.3, -0.25) is 0 Å². The molecule has 0 aliphatic heterocycles. The highest BCUT2D eigenvalue weighted by atomic mass is 35.5. The average Bonchev–Trinajstić information content (AvgIpc) is 2.86. The smallest absolute Gasteiger partial charge is 0.193 e. The molecule has 96 valence electrons. The number of benzene rings is 2. The zero-order valence-electron chi connectivity index (χ0n) is 10.4. The van der Waals surface area contributed by atoms with Crippen LogP contribution >= 0.6 is 23.2 Å². The number of aryl methyl sites for hydroxylation is 1. The fourth-order valence-corrected chi connectivity index (χ4v) is 2.77. The molecule has 2 aromatic carbocycles. The minimum absolute atomic E-state index is 0.335. The summed E-state index contributed by atoms with van der Waals surface area (Å²) in [4.78, 5) is 0. The van der Waals surface area contributed by atoms with Crippen molar-refractivity contribution in [1.82, 2.24) is 0 Å². The highest BCUT2D eigenvalue weighted by molar-refractivity contribution is 6.29. The van der Waals surface area contributed by atoms with Crippen LogP contribution in [-0.2, 0) is 0 Å². The number of fused-ring (bicyclic) bond motifs is 1. The van der Waals surface area contributed by atoms with Gasteiger partial charge in [0.1, 0.15) is 11.1 Å². The van der Waals surface area contributed by atoms with E-state index in [1.807, 2.05) is 24.3 Å². The van der Waals surface area contributed by atoms with Gasteiger partial charge in [-0.05, 0) is 52.6 Å². The number of halogens is 2. The Morgan fingerprint density at radius 2 is 1.68 bits per heavy atom. The van der Waals surface area contributed by atoms with Crippen LogP contribution < -0.4 is 0 Å². The van der Waals surface area contributed by atoms with E-state index in [9.17, 15) is 0 Å². The predicted octanol–water partition coefficient (Wildman–Crippen LogP) is 5.72. The molecule has 3 heteroatoms. The summed E-state index contributed by atoms with van der Waals surface area (Å²) in [5.74, 6) is 0.667. The number of furan rings is 1. The molecule has 0 spiro atoms. The first kappa shape index (κ1) is 12.6. The van der Waals surface area contributed by atoms with E-state index in [1.165, 1.54) is 10.9 Å². The minimum Gasteiger partial charge on any atom is -0.448 e. The van der Waals surface area contributed by atoms with Gasteiger partial charge in [0.15, 0.2) is 5.22 Å². The lowest BCUT2D eigenvalue weighted by molar-refractivity contribution is 0.519. The first-order valence-electron chi connectivity index (χ1n) is 6.04. The Bertz CT molecular complexity index is 730. The molecule has 0 aliphatic carbocycles. The molecular weight excluding hydrogens is 279 g/mol. The third-order valence-corrected chi connectivity index (χ3v) is 3.95. The largest absolute Gasteiger partial charge is 0.448 e. The quantitative estimate of drug-likeness (QED) is 0.550. The molecular formula is C16H12Cl2O. The van der Waals surface area contributed by atoms with Crippen LogP contribution in [0.5, 0.6) is 0 Å². The van der Waals surface area contributed by atoms with Gasteiger partial charge < -0.3 is 4.42 Å². The molecule has 0 amide bonds. The van der Waals surface area contributed by atoms with Crippen LogP contribution in [0.1, 0.15) is 22.3 Å². The molecule has 1 aromatic heterocycles. The second-order valence-electron chi connectivity index (χ2n) is 4.52. The minimum atomic E-state index is -0.335. The topological polar surface area (TPSA) is 13.1 Å². The van der Waals surface area contributed by atoms with Crippen molar-refractivity contribution < 1.29 is 4.42 Å². The Kier molecular flexibility index (Phi) is 3.26. The van der Waals surface area contributed by atoms with Gasteiger partial charge in [-0.15, -0.1) is 11.6 Å². The Morgan fingerprint density at radius 1 is 0.947 bits per heavy atom. The molecule has 3 aromatic rings. The molecule has 19 heavy (non-hydrogen) atoms. The van der Waals surface area contributed by atoms with E-state index in [-0.39, 0.29) is 5.38 Å². The highest BCUT2D eigenvalue weighted by Gasteiger charge is 2.17. The second-order valence-corrected chi connectivity index (χ2v) is 5.33. The first-order valence-corrected chi connectivity index (χ1v) is 6.86. The monoisotopic (exact) mass is 290 g/mol. The Balaban J connectivity index is 2.18. The normalized spacial score (nSPS) is 12.8. The van der Waals surface area contributed by atoms with Gasteiger partial charge in [-0.1, -0.05) is 36.4 Å². The van der Waals surface area contributed by atoms with Crippen LogP contribution in [0.3, 0.4) is 0 Å². The van der Waals surface area contributed by atoms with E-state index >= 15 is 0 Å². The molecule has 0 fully saturated rings. The van der Waals surface area contributed by atoms with Gasteiger partial charge in [0.25, 0.3) is 0 Å². The highest BCUT2D eigenvalue weighted by Crippen LogP contribution is 2.36. The fourth-order valence-electron chi connectivity index (χ4n) is 2.31. The van der Waals surface area contributed by atoms with E-state index in [0.29, 0.717) is 11.0 Å². The molecule has 0 saturated heterocycles. The molecule has 1 atom stereocenters. The second kappa shape index (κ2) is 4.92. The molecule has 0 N–H and O–H groups in total. The number of hydrogen-bond acceptors (Lipinski definition) is 1. The summed E-state index contributed by atoms with van der Waals surface area (Å²) in [7, 11) is 0. The van der Waals surface area contributed by atoms with Crippen molar-refractivity contribution in [2.24, 2.45) is 0 Å². The van der Waals surface area contributed by atoms with E-state index < -0.39 is 0 Å². The molecule has 0 bridgehead atoms. The Hall–Kier alpha value is -1.44. The molecule has 0 radical (unpaired) electrons. The SMILES string of the molecule is Cc1ccc(C(Cl)c2ccc(Cl)o2)c2ccccc12. The van der Waals surface area contributed by atoms with E-state index in [2.05, 4.69) is 25.1 Å². The van der Waals surface area contributed by atoms with Crippen molar-refractivity contribution in [3.63, 3.8) is 0 Å². The third kappa shape index (κ3) is 2.24. The zero-order chi connectivity index (χ0) is 13.4. The summed E-state index contributed by atoms with van der Waals surface area (Å²) in [5.41, 5.74) is 2.27. The van der Waals surface area contributed by atoms with E-state index in [4.69, 9.17) is 27.6 Å². The van der Waals surface area contributed by atoms with Gasteiger partial charge >= 0.3 is 0 Å². The van der Waals surface area contributed by atoms with Crippen LogP contribution in [0, 0.1) is 6.92 Å². The zero-order valence-corrected chi connectivity index (χ0v) is 11.9. The summed E-state index contributed by atoms with van der Waals surface area (Å²) in [5, 5.41) is 2.38. The van der Waals surface area contributed by atoms with Crippen molar-refractivity contribution in [1.29, 1.82) is 0 Å². The maximum Gasteiger partial charge on any atom is 0.193 e. The predicted molar refractivity (Wildman–Crippen MR) is 80.1 cm³/mol. The molecule has 1 unspecified atom stereocenters. The lowest BCUT2D eigenvalue weighted by Gasteiger charge is -2.12. The molecule has 0 aliphatic rings. The van der Waals surface area contributed by atoms with Crippen molar-refractivity contribution in [3.8, 4) is 0 Å². The average molecular weight is 291 g/mol. The lowest BCUT2D eigenvalue weighted by Crippen LogP contribution is -1.94. The van der Waals surface area contributed by atoms with Crippen molar-refractivity contribution in [2.45, 2.75) is 12.3 Å². The Labute approximate surface area is 121 Å². The Morgan fingerprint density at radius 3 is 2.37 bits per heavy atom. The van der Waals surface area contributed by atoms with Crippen LogP contribution in [0.25, 0.3) is 10.8 Å². The van der Waals surface area contributed by atoms with Gasteiger partial charge in [0.2, 0.25) is 0 Å². The summed E-state index contributed by atoms with van der Waals surface area (Å²) < 4.78 is 5.41. The molecule has 0 saturated carbocycles. The van der Waals surface area contributed by atoms with Crippen LogP contribution in [-0.4, -0.2) is 0 Å². The maximum atomic E-state index is 6.52. The molecule has 1 heterocycles. The van der Waals surface area contributed by atoms with Crippen molar-refractivity contribution >= 4 is 34.0 Å². The first-order chi connectivity index (χ1) is 9.16.